The van der Waals surface area contributed by atoms with Crippen molar-refractivity contribution in [1.82, 2.24) is 0 Å². The van der Waals surface area contributed by atoms with E-state index in [1.165, 1.54) is 4.31 Å². The molecule has 5 nitrogen and oxygen atoms in total. The molecule has 0 N–H and O–H groups in total. The van der Waals surface area contributed by atoms with Crippen molar-refractivity contribution in [2.24, 2.45) is 0 Å². The van der Waals surface area contributed by atoms with Gasteiger partial charge in [-0.2, -0.15) is 0 Å². The van der Waals surface area contributed by atoms with E-state index in [1.54, 1.807) is 67.8 Å². The fourth-order valence-electron chi connectivity index (χ4n) is 3.48. The molecule has 0 aliphatic carbocycles. The molecule has 0 fully saturated rings. The van der Waals surface area contributed by atoms with Gasteiger partial charge in [-0.25, -0.2) is 0 Å². The molecule has 0 saturated heterocycles. The number of aryl methyl sites for hydroxylation is 1. The van der Waals surface area contributed by atoms with Crippen LogP contribution in [-0.2, 0) is 13.9 Å². The Labute approximate surface area is 175 Å². The van der Waals surface area contributed by atoms with Gasteiger partial charge in [-0.1, -0.05) is 0 Å². The normalized spacial score (nSPS) is 18.9. The van der Waals surface area contributed by atoms with E-state index in [-0.39, 0.29) is 10.2 Å². The third kappa shape index (κ3) is 3.61. The summed E-state index contributed by atoms with van der Waals surface area (Å²) < 4.78 is 47.7. The average Bonchev–Trinajstić information content (AvgIpc) is 2.74. The molecule has 0 bridgehead atoms. The standard InChI is InChI=1S/C22H21NO4SSe/c1-16-7-13-19(14-8-16)28(24,25)23-20-5-3-4-6-22(20)29(26)15-21(23)17-9-11-18(27-2)12-10-17/h3-14,21H,15H2,1-2H3/t21-,29?/m0/s1. The monoisotopic (exact) mass is 475 g/mol. The fraction of sp³-hybridized carbons (Fsp3) is 0.182. The van der Waals surface area contributed by atoms with Crippen LogP contribution in [0, 0.1) is 6.92 Å². The predicted molar refractivity (Wildman–Crippen MR) is 114 cm³/mol. The number of benzene rings is 3. The number of ether oxygens (including phenoxy) is 1. The second-order valence-electron chi connectivity index (χ2n) is 6.88. The van der Waals surface area contributed by atoms with Gasteiger partial charge in [-0.3, -0.25) is 0 Å². The number of hydrogen-bond acceptors (Lipinski definition) is 4. The van der Waals surface area contributed by atoms with Gasteiger partial charge in [-0.05, 0) is 0 Å². The topological polar surface area (TPSA) is 63.7 Å². The van der Waals surface area contributed by atoms with Gasteiger partial charge in [0.15, 0.2) is 0 Å². The van der Waals surface area contributed by atoms with Crippen molar-refractivity contribution in [1.29, 1.82) is 0 Å². The van der Waals surface area contributed by atoms with Gasteiger partial charge in [0.05, 0.1) is 0 Å². The Morgan fingerprint density at radius 1 is 0.966 bits per heavy atom. The van der Waals surface area contributed by atoms with Crippen LogP contribution in [0.4, 0.5) is 5.69 Å². The average molecular weight is 474 g/mol. The molecule has 150 valence electrons. The van der Waals surface area contributed by atoms with Gasteiger partial charge in [-0.15, -0.1) is 0 Å². The third-order valence-electron chi connectivity index (χ3n) is 5.02. The summed E-state index contributed by atoms with van der Waals surface area (Å²) in [6, 6.07) is 20.7. The predicted octanol–water partition coefficient (Wildman–Crippen LogP) is 3.58. The SMILES string of the molecule is COc1ccc([C@@H]2C[Se](=O)c3ccccc3N2S(=O)(=O)c2ccc(C)cc2)cc1. The van der Waals surface area contributed by atoms with Crippen LogP contribution in [0.25, 0.3) is 0 Å². The first-order chi connectivity index (χ1) is 13.9. The van der Waals surface area contributed by atoms with Crippen LogP contribution in [-0.4, -0.2) is 29.4 Å². The van der Waals surface area contributed by atoms with E-state index in [4.69, 9.17) is 4.74 Å². The number of para-hydroxylation sites is 1. The minimum atomic E-state index is -3.85. The molecule has 29 heavy (non-hydrogen) atoms. The van der Waals surface area contributed by atoms with E-state index in [2.05, 4.69) is 0 Å². The summed E-state index contributed by atoms with van der Waals surface area (Å²) in [6.45, 7) is 1.92. The van der Waals surface area contributed by atoms with Gasteiger partial charge in [0.1, 0.15) is 0 Å². The summed E-state index contributed by atoms with van der Waals surface area (Å²) in [5, 5.41) is 0.286. The molecule has 1 aliphatic rings. The Hall–Kier alpha value is -2.47. The van der Waals surface area contributed by atoms with E-state index in [1.807, 2.05) is 19.1 Å². The van der Waals surface area contributed by atoms with E-state index in [0.717, 1.165) is 11.1 Å². The molecule has 0 radical (unpaired) electrons. The van der Waals surface area contributed by atoms with Crippen LogP contribution in [0.3, 0.4) is 0 Å². The van der Waals surface area contributed by atoms with Crippen LogP contribution in [0.2, 0.25) is 5.32 Å². The van der Waals surface area contributed by atoms with Gasteiger partial charge in [0.2, 0.25) is 0 Å². The maximum absolute atomic E-state index is 13.7. The molecular weight excluding hydrogens is 453 g/mol. The van der Waals surface area contributed by atoms with Crippen LogP contribution in [0.1, 0.15) is 17.2 Å². The minimum absolute atomic E-state index is 0.223. The van der Waals surface area contributed by atoms with Crippen LogP contribution >= 0.6 is 0 Å². The van der Waals surface area contributed by atoms with Crippen molar-refractivity contribution in [2.45, 2.75) is 23.2 Å². The van der Waals surface area contributed by atoms with Crippen molar-refractivity contribution in [3.05, 3.63) is 83.9 Å². The van der Waals surface area contributed by atoms with E-state index < -0.39 is 29.9 Å². The van der Waals surface area contributed by atoms with Crippen LogP contribution in [0.15, 0.2) is 77.7 Å². The summed E-state index contributed by atoms with van der Waals surface area (Å²) in [7, 11) is -2.26. The first kappa shape index (κ1) is 19.8. The molecule has 0 amide bonds. The summed E-state index contributed by atoms with van der Waals surface area (Å²) in [6.07, 6.45) is 0. The second kappa shape index (κ2) is 7.75. The molecule has 0 aromatic heterocycles. The first-order valence-corrected chi connectivity index (χ1v) is 13.3. The van der Waals surface area contributed by atoms with Crippen molar-refractivity contribution in [2.75, 3.05) is 11.4 Å². The summed E-state index contributed by atoms with van der Waals surface area (Å²) >= 11 is -2.38. The quantitative estimate of drug-likeness (QED) is 0.543. The number of hydrogen-bond donors (Lipinski definition) is 0. The Morgan fingerprint density at radius 3 is 2.28 bits per heavy atom. The van der Waals surface area contributed by atoms with Gasteiger partial charge in [0.25, 0.3) is 0 Å². The van der Waals surface area contributed by atoms with Gasteiger partial charge < -0.3 is 0 Å². The van der Waals surface area contributed by atoms with Gasteiger partial charge >= 0.3 is 175 Å². The molecular formula is C22H21NO4SSe. The number of anilines is 1. The second-order valence-corrected chi connectivity index (χ2v) is 11.8. The maximum atomic E-state index is 13.7. The van der Waals surface area contributed by atoms with Crippen molar-refractivity contribution >= 4 is 34.0 Å². The molecule has 0 saturated carbocycles. The zero-order valence-electron chi connectivity index (χ0n) is 16.1. The Kier molecular flexibility index (Phi) is 5.30. The summed E-state index contributed by atoms with van der Waals surface area (Å²) in [4.78, 5) is 0.223. The van der Waals surface area contributed by atoms with Crippen molar-refractivity contribution in [3.63, 3.8) is 0 Å². The molecule has 2 atom stereocenters. The first-order valence-electron chi connectivity index (χ1n) is 9.14. The van der Waals surface area contributed by atoms with Crippen molar-refractivity contribution in [3.8, 4) is 5.75 Å². The molecule has 3 aromatic carbocycles. The Balaban J connectivity index is 1.90. The zero-order valence-corrected chi connectivity index (χ0v) is 18.6. The number of sulfonamides is 1. The molecule has 3 aromatic rings. The Morgan fingerprint density at radius 2 is 1.62 bits per heavy atom. The number of rotatable bonds is 4. The van der Waals surface area contributed by atoms with E-state index in [9.17, 15) is 12.3 Å². The number of methoxy groups -OCH3 is 1. The van der Waals surface area contributed by atoms with Crippen LogP contribution < -0.4 is 13.5 Å². The van der Waals surface area contributed by atoms with Gasteiger partial charge in [0, 0.05) is 0 Å². The summed E-state index contributed by atoms with van der Waals surface area (Å²) in [5.41, 5.74) is 2.28. The van der Waals surface area contributed by atoms with E-state index >= 15 is 0 Å². The molecule has 1 heterocycles. The van der Waals surface area contributed by atoms with Crippen LogP contribution in [0.5, 0.6) is 5.75 Å². The fourth-order valence-corrected chi connectivity index (χ4v) is 8.50. The molecule has 1 aliphatic heterocycles. The third-order valence-corrected chi connectivity index (χ3v) is 9.91. The number of nitrogens with zero attached hydrogens (tertiary/aromatic N) is 1. The zero-order chi connectivity index (χ0) is 20.6. The molecule has 7 heteroatoms. The summed E-state index contributed by atoms with van der Waals surface area (Å²) in [5.74, 6) is 0.688. The Bertz CT molecular complexity index is 1160. The van der Waals surface area contributed by atoms with E-state index in [0.29, 0.717) is 15.9 Å². The molecule has 4 rings (SSSR count). The molecule has 1 unspecified atom stereocenters. The molecule has 0 spiro atoms. The van der Waals surface area contributed by atoms with Crippen molar-refractivity contribution < 1.29 is 17.0 Å². The number of fused-ring (bicyclic) bond motifs is 1.